The van der Waals surface area contributed by atoms with E-state index in [1.165, 1.54) is 6.92 Å². The predicted molar refractivity (Wildman–Crippen MR) is 60.0 cm³/mol. The number of nitrogens with zero attached hydrogens (tertiary/aromatic N) is 1. The van der Waals surface area contributed by atoms with Crippen molar-refractivity contribution in [1.82, 2.24) is 10.2 Å². The van der Waals surface area contributed by atoms with Crippen LogP contribution in [0.4, 0.5) is 4.79 Å². The van der Waals surface area contributed by atoms with Crippen molar-refractivity contribution in [3.8, 4) is 0 Å². The maximum absolute atomic E-state index is 11.6. The molecule has 5 nitrogen and oxygen atoms in total. The average molecular weight is 228 g/mol. The smallest absolute Gasteiger partial charge is 0.410 e. The second-order valence-corrected chi connectivity index (χ2v) is 5.58. The molecule has 0 unspecified atom stereocenters. The molecule has 0 aliphatic carbocycles. The van der Waals surface area contributed by atoms with Gasteiger partial charge in [-0.3, -0.25) is 4.79 Å². The first-order valence-electron chi connectivity index (χ1n) is 5.38. The first kappa shape index (κ1) is 12.8. The fourth-order valence-corrected chi connectivity index (χ4v) is 1.76. The molecular formula is C11H20N2O3. The van der Waals surface area contributed by atoms with Crippen molar-refractivity contribution < 1.29 is 14.3 Å². The van der Waals surface area contributed by atoms with Crippen LogP contribution in [0.5, 0.6) is 0 Å². The van der Waals surface area contributed by atoms with Crippen molar-refractivity contribution in [3.63, 3.8) is 0 Å². The average Bonchev–Trinajstić information content (AvgIpc) is 1.94. The minimum atomic E-state index is -0.475. The van der Waals surface area contributed by atoms with Gasteiger partial charge in [0.2, 0.25) is 5.91 Å². The van der Waals surface area contributed by atoms with Gasteiger partial charge in [-0.15, -0.1) is 0 Å². The SMILES string of the molecule is CC(=O)NC1(C)CN(C(=O)OC(C)(C)C)C1. The van der Waals surface area contributed by atoms with Crippen LogP contribution >= 0.6 is 0 Å². The summed E-state index contributed by atoms with van der Waals surface area (Å²) in [5, 5.41) is 2.81. The zero-order chi connectivity index (χ0) is 12.6. The number of hydrogen-bond donors (Lipinski definition) is 1. The maximum Gasteiger partial charge on any atom is 0.410 e. The van der Waals surface area contributed by atoms with Gasteiger partial charge in [-0.1, -0.05) is 0 Å². The normalized spacial score (nSPS) is 18.7. The molecular weight excluding hydrogens is 208 g/mol. The molecule has 1 aliphatic rings. The maximum atomic E-state index is 11.6. The molecule has 5 heteroatoms. The summed E-state index contributed by atoms with van der Waals surface area (Å²) in [7, 11) is 0. The van der Waals surface area contributed by atoms with Crippen molar-refractivity contribution in [1.29, 1.82) is 0 Å². The van der Waals surface area contributed by atoms with Crippen LogP contribution in [0.25, 0.3) is 0 Å². The Balaban J connectivity index is 2.41. The molecule has 0 radical (unpaired) electrons. The summed E-state index contributed by atoms with van der Waals surface area (Å²) in [5.74, 6) is -0.0775. The fourth-order valence-electron chi connectivity index (χ4n) is 1.76. The van der Waals surface area contributed by atoms with Gasteiger partial charge in [0.05, 0.1) is 5.54 Å². The highest BCUT2D eigenvalue weighted by Crippen LogP contribution is 2.22. The molecule has 1 rings (SSSR count). The topological polar surface area (TPSA) is 58.6 Å². The van der Waals surface area contributed by atoms with Crippen LogP contribution in [0, 0.1) is 0 Å². The molecule has 1 aliphatic heterocycles. The van der Waals surface area contributed by atoms with Gasteiger partial charge < -0.3 is 15.0 Å². The summed E-state index contributed by atoms with van der Waals surface area (Å²) in [6.07, 6.45) is -0.324. The molecule has 1 N–H and O–H groups in total. The van der Waals surface area contributed by atoms with Gasteiger partial charge in [0.15, 0.2) is 0 Å². The second-order valence-electron chi connectivity index (χ2n) is 5.58. The van der Waals surface area contributed by atoms with Crippen LogP contribution in [0.1, 0.15) is 34.6 Å². The summed E-state index contributed by atoms with van der Waals surface area (Å²) >= 11 is 0. The molecule has 1 heterocycles. The number of hydrogen-bond acceptors (Lipinski definition) is 3. The lowest BCUT2D eigenvalue weighted by atomic mass is 9.93. The quantitative estimate of drug-likeness (QED) is 0.732. The standard InChI is InChI=1S/C11H20N2O3/c1-8(14)12-11(5)6-13(7-11)9(15)16-10(2,3)4/h6-7H2,1-5H3,(H,12,14). The lowest BCUT2D eigenvalue weighted by Gasteiger charge is -2.47. The Kier molecular flexibility index (Phi) is 3.17. The van der Waals surface area contributed by atoms with Crippen LogP contribution in [0.3, 0.4) is 0 Å². The summed E-state index contributed by atoms with van der Waals surface area (Å²) in [6, 6.07) is 0. The molecule has 0 aromatic rings. The molecule has 1 fully saturated rings. The molecule has 2 amide bonds. The Morgan fingerprint density at radius 3 is 2.19 bits per heavy atom. The Morgan fingerprint density at radius 2 is 1.81 bits per heavy atom. The van der Waals surface area contributed by atoms with E-state index in [4.69, 9.17) is 4.74 Å². The molecule has 0 aromatic heterocycles. The number of likely N-dealkylation sites (tertiary alicyclic amines) is 1. The van der Waals surface area contributed by atoms with Crippen molar-refractivity contribution in [2.45, 2.75) is 45.8 Å². The van der Waals surface area contributed by atoms with E-state index < -0.39 is 5.60 Å². The van der Waals surface area contributed by atoms with Crippen LogP contribution in [0.15, 0.2) is 0 Å². The van der Waals surface area contributed by atoms with E-state index in [9.17, 15) is 9.59 Å². The van der Waals surface area contributed by atoms with E-state index in [1.54, 1.807) is 4.90 Å². The van der Waals surface area contributed by atoms with Gasteiger partial charge in [0, 0.05) is 20.0 Å². The van der Waals surface area contributed by atoms with Crippen molar-refractivity contribution >= 4 is 12.0 Å². The third-order valence-corrected chi connectivity index (χ3v) is 2.21. The summed E-state index contributed by atoms with van der Waals surface area (Å²) in [4.78, 5) is 24.1. The van der Waals surface area contributed by atoms with Crippen LogP contribution in [0.2, 0.25) is 0 Å². The Morgan fingerprint density at radius 1 is 1.31 bits per heavy atom. The third-order valence-electron chi connectivity index (χ3n) is 2.21. The van der Waals surface area contributed by atoms with Gasteiger partial charge in [0.25, 0.3) is 0 Å². The van der Waals surface area contributed by atoms with E-state index in [0.717, 1.165) is 0 Å². The van der Waals surface area contributed by atoms with E-state index >= 15 is 0 Å². The van der Waals surface area contributed by atoms with E-state index in [2.05, 4.69) is 5.32 Å². The predicted octanol–water partition coefficient (Wildman–Crippen LogP) is 1.13. The highest BCUT2D eigenvalue weighted by Gasteiger charge is 2.43. The van der Waals surface area contributed by atoms with Crippen molar-refractivity contribution in [2.24, 2.45) is 0 Å². The van der Waals surface area contributed by atoms with E-state index in [-0.39, 0.29) is 17.5 Å². The first-order chi connectivity index (χ1) is 7.11. The van der Waals surface area contributed by atoms with Crippen molar-refractivity contribution in [2.75, 3.05) is 13.1 Å². The van der Waals surface area contributed by atoms with E-state index in [0.29, 0.717) is 13.1 Å². The Hall–Kier alpha value is -1.26. The molecule has 16 heavy (non-hydrogen) atoms. The Labute approximate surface area is 96.1 Å². The first-order valence-corrected chi connectivity index (χ1v) is 5.38. The lowest BCUT2D eigenvalue weighted by molar-refractivity contribution is -0.123. The van der Waals surface area contributed by atoms with Gasteiger partial charge in [-0.25, -0.2) is 4.79 Å². The molecule has 0 saturated carbocycles. The van der Waals surface area contributed by atoms with Crippen LogP contribution < -0.4 is 5.32 Å². The zero-order valence-electron chi connectivity index (χ0n) is 10.6. The third kappa shape index (κ3) is 3.40. The molecule has 1 saturated heterocycles. The van der Waals surface area contributed by atoms with Gasteiger partial charge in [0.1, 0.15) is 5.60 Å². The van der Waals surface area contributed by atoms with Crippen LogP contribution in [-0.4, -0.2) is 41.1 Å². The molecule has 0 atom stereocenters. The number of carbonyl (C=O) groups is 2. The highest BCUT2D eigenvalue weighted by molar-refractivity contribution is 5.75. The molecule has 92 valence electrons. The summed E-state index contributed by atoms with van der Waals surface area (Å²) in [5.41, 5.74) is -0.778. The number of rotatable bonds is 1. The lowest BCUT2D eigenvalue weighted by Crippen LogP contribution is -2.69. The second kappa shape index (κ2) is 3.96. The highest BCUT2D eigenvalue weighted by atomic mass is 16.6. The minimum Gasteiger partial charge on any atom is -0.444 e. The van der Waals surface area contributed by atoms with Gasteiger partial charge in [-0.2, -0.15) is 0 Å². The van der Waals surface area contributed by atoms with Gasteiger partial charge in [-0.05, 0) is 27.7 Å². The zero-order valence-corrected chi connectivity index (χ0v) is 10.6. The number of ether oxygens (including phenoxy) is 1. The molecule has 0 aromatic carbocycles. The molecule has 0 spiro atoms. The fraction of sp³-hybridized carbons (Fsp3) is 0.818. The Bertz CT molecular complexity index is 301. The minimum absolute atomic E-state index is 0.0775. The number of nitrogens with one attached hydrogen (secondary N) is 1. The monoisotopic (exact) mass is 228 g/mol. The summed E-state index contributed by atoms with van der Waals surface area (Å²) in [6.45, 7) is 9.88. The number of amides is 2. The largest absolute Gasteiger partial charge is 0.444 e. The molecule has 0 bridgehead atoms. The van der Waals surface area contributed by atoms with E-state index in [1.807, 2.05) is 27.7 Å². The summed E-state index contributed by atoms with van der Waals surface area (Å²) < 4.78 is 5.21. The van der Waals surface area contributed by atoms with Crippen molar-refractivity contribution in [3.05, 3.63) is 0 Å². The van der Waals surface area contributed by atoms with Gasteiger partial charge >= 0.3 is 6.09 Å². The number of carbonyl (C=O) groups excluding carboxylic acids is 2. The van der Waals surface area contributed by atoms with Crippen LogP contribution in [-0.2, 0) is 9.53 Å².